The Bertz CT molecular complexity index is 576. The van der Waals surface area contributed by atoms with Crippen molar-refractivity contribution in [3.8, 4) is 10.7 Å². The van der Waals surface area contributed by atoms with Crippen LogP contribution < -0.4 is 5.32 Å². The Kier molecular flexibility index (Phi) is 5.42. The second-order valence-corrected chi connectivity index (χ2v) is 6.97. The first-order chi connectivity index (χ1) is 9.95. The summed E-state index contributed by atoms with van der Waals surface area (Å²) >= 11 is 1.64. The van der Waals surface area contributed by atoms with Crippen LogP contribution in [0, 0.1) is 11.7 Å². The highest BCUT2D eigenvalue weighted by molar-refractivity contribution is 7.15. The molecule has 2 rings (SSSR count). The molecular weight excluding hydrogens is 285 g/mol. The van der Waals surface area contributed by atoms with Gasteiger partial charge in [-0.05, 0) is 24.5 Å². The lowest BCUT2D eigenvalue weighted by Crippen LogP contribution is -2.22. The third kappa shape index (κ3) is 4.58. The lowest BCUT2D eigenvalue weighted by Gasteiger charge is -2.08. The summed E-state index contributed by atoms with van der Waals surface area (Å²) in [4.78, 5) is 10.1. The number of hydrogen-bond acceptors (Lipinski definition) is 4. The molecule has 0 bridgehead atoms. The third-order valence-corrected chi connectivity index (χ3v) is 4.12. The smallest absolute Gasteiger partial charge is 0.142 e. The first kappa shape index (κ1) is 16.0. The van der Waals surface area contributed by atoms with Gasteiger partial charge in [-0.3, -0.25) is 4.98 Å². The lowest BCUT2D eigenvalue weighted by atomic mass is 10.1. The molecule has 0 aliphatic carbocycles. The van der Waals surface area contributed by atoms with Crippen molar-refractivity contribution in [2.24, 2.45) is 5.92 Å². The SMILES string of the molecule is CC(C)Cc1nc(-c2ccc(F)cn2)sc1CNC(C)C. The minimum atomic E-state index is -0.320. The highest BCUT2D eigenvalue weighted by Crippen LogP contribution is 2.28. The molecule has 0 saturated heterocycles. The fourth-order valence-electron chi connectivity index (χ4n) is 1.98. The van der Waals surface area contributed by atoms with Gasteiger partial charge < -0.3 is 5.32 Å². The molecule has 2 heterocycles. The summed E-state index contributed by atoms with van der Waals surface area (Å²) in [6.07, 6.45) is 2.19. The Balaban J connectivity index is 2.28. The maximum atomic E-state index is 13.0. The maximum absolute atomic E-state index is 13.0. The summed E-state index contributed by atoms with van der Waals surface area (Å²) in [6.45, 7) is 9.46. The summed E-state index contributed by atoms with van der Waals surface area (Å²) in [6, 6.07) is 3.55. The zero-order valence-corrected chi connectivity index (χ0v) is 13.8. The lowest BCUT2D eigenvalue weighted by molar-refractivity contribution is 0.581. The average Bonchev–Trinajstić information content (AvgIpc) is 2.79. The van der Waals surface area contributed by atoms with E-state index in [-0.39, 0.29) is 5.82 Å². The number of nitrogens with zero attached hydrogens (tertiary/aromatic N) is 2. The van der Waals surface area contributed by atoms with Crippen LogP contribution in [0.3, 0.4) is 0 Å². The zero-order valence-electron chi connectivity index (χ0n) is 13.0. The number of thiazole rings is 1. The van der Waals surface area contributed by atoms with E-state index in [2.05, 4.69) is 38.0 Å². The van der Waals surface area contributed by atoms with Crippen molar-refractivity contribution >= 4 is 11.3 Å². The molecule has 0 atom stereocenters. The van der Waals surface area contributed by atoms with Gasteiger partial charge in [0.25, 0.3) is 0 Å². The molecule has 0 aromatic carbocycles. The standard InChI is InChI=1S/C16H22FN3S/c1-10(2)7-14-15(9-18-11(3)4)21-16(20-14)13-6-5-12(17)8-19-13/h5-6,8,10-11,18H,7,9H2,1-4H3. The predicted octanol–water partition coefficient (Wildman–Crippen LogP) is 4.04. The number of rotatable bonds is 6. The highest BCUT2D eigenvalue weighted by atomic mass is 32.1. The van der Waals surface area contributed by atoms with Gasteiger partial charge in [0.1, 0.15) is 10.8 Å². The van der Waals surface area contributed by atoms with Crippen LogP contribution in [-0.2, 0) is 13.0 Å². The summed E-state index contributed by atoms with van der Waals surface area (Å²) in [5, 5.41) is 4.31. The van der Waals surface area contributed by atoms with Gasteiger partial charge in [-0.25, -0.2) is 9.37 Å². The molecule has 21 heavy (non-hydrogen) atoms. The van der Waals surface area contributed by atoms with Crippen LogP contribution in [-0.4, -0.2) is 16.0 Å². The Hall–Kier alpha value is -1.33. The van der Waals surface area contributed by atoms with Crippen LogP contribution in [0.15, 0.2) is 18.3 Å². The van der Waals surface area contributed by atoms with E-state index >= 15 is 0 Å². The Morgan fingerprint density at radius 1 is 1.24 bits per heavy atom. The van der Waals surface area contributed by atoms with Gasteiger partial charge in [0.15, 0.2) is 0 Å². The molecule has 5 heteroatoms. The average molecular weight is 307 g/mol. The van der Waals surface area contributed by atoms with E-state index in [4.69, 9.17) is 4.98 Å². The monoisotopic (exact) mass is 307 g/mol. The van der Waals surface area contributed by atoms with Crippen molar-refractivity contribution in [3.05, 3.63) is 34.7 Å². The summed E-state index contributed by atoms with van der Waals surface area (Å²) in [5.74, 6) is 0.235. The minimum Gasteiger partial charge on any atom is -0.310 e. The molecule has 2 aromatic rings. The van der Waals surface area contributed by atoms with E-state index < -0.39 is 0 Å². The molecule has 0 aliphatic heterocycles. The molecule has 0 amide bonds. The molecular formula is C16H22FN3S. The molecule has 1 N–H and O–H groups in total. The molecule has 3 nitrogen and oxygen atoms in total. The highest BCUT2D eigenvalue weighted by Gasteiger charge is 2.14. The second-order valence-electron chi connectivity index (χ2n) is 5.88. The van der Waals surface area contributed by atoms with E-state index in [1.54, 1.807) is 17.4 Å². The van der Waals surface area contributed by atoms with Crippen molar-refractivity contribution in [1.29, 1.82) is 0 Å². The van der Waals surface area contributed by atoms with Crippen molar-refractivity contribution in [2.75, 3.05) is 0 Å². The van der Waals surface area contributed by atoms with E-state index in [0.717, 1.165) is 29.4 Å². The number of pyridine rings is 1. The van der Waals surface area contributed by atoms with Gasteiger partial charge in [-0.2, -0.15) is 0 Å². The van der Waals surface area contributed by atoms with E-state index in [0.29, 0.717) is 12.0 Å². The minimum absolute atomic E-state index is 0.320. The van der Waals surface area contributed by atoms with Crippen LogP contribution in [0.2, 0.25) is 0 Å². The second kappa shape index (κ2) is 7.09. The number of nitrogens with one attached hydrogen (secondary N) is 1. The van der Waals surface area contributed by atoms with Crippen molar-refractivity contribution in [3.63, 3.8) is 0 Å². The van der Waals surface area contributed by atoms with Gasteiger partial charge in [-0.15, -0.1) is 11.3 Å². The summed E-state index contributed by atoms with van der Waals surface area (Å²) < 4.78 is 13.0. The third-order valence-electron chi connectivity index (χ3n) is 3.00. The van der Waals surface area contributed by atoms with Crippen molar-refractivity contribution in [1.82, 2.24) is 15.3 Å². The molecule has 0 saturated carbocycles. The van der Waals surface area contributed by atoms with Crippen molar-refractivity contribution in [2.45, 2.75) is 46.7 Å². The van der Waals surface area contributed by atoms with Gasteiger partial charge in [0, 0.05) is 17.5 Å². The van der Waals surface area contributed by atoms with Gasteiger partial charge in [0.05, 0.1) is 17.6 Å². The Labute approximate surface area is 129 Å². The maximum Gasteiger partial charge on any atom is 0.142 e. The Morgan fingerprint density at radius 2 is 2.00 bits per heavy atom. The quantitative estimate of drug-likeness (QED) is 0.875. The fourth-order valence-corrected chi connectivity index (χ4v) is 2.99. The van der Waals surface area contributed by atoms with E-state index in [1.165, 1.54) is 17.1 Å². The van der Waals surface area contributed by atoms with Crippen LogP contribution in [0.4, 0.5) is 4.39 Å². The van der Waals surface area contributed by atoms with Crippen LogP contribution >= 0.6 is 11.3 Å². The van der Waals surface area contributed by atoms with Crippen LogP contribution in [0.25, 0.3) is 10.7 Å². The number of hydrogen-bond donors (Lipinski definition) is 1. The van der Waals surface area contributed by atoms with Gasteiger partial charge >= 0.3 is 0 Å². The number of halogens is 1. The van der Waals surface area contributed by atoms with E-state index in [1.807, 2.05) is 0 Å². The predicted molar refractivity (Wildman–Crippen MR) is 85.8 cm³/mol. The topological polar surface area (TPSA) is 37.8 Å². The molecule has 114 valence electrons. The van der Waals surface area contributed by atoms with Crippen LogP contribution in [0.5, 0.6) is 0 Å². The van der Waals surface area contributed by atoms with Gasteiger partial charge in [-0.1, -0.05) is 27.7 Å². The molecule has 0 unspecified atom stereocenters. The first-order valence-corrected chi connectivity index (χ1v) is 8.11. The molecule has 0 spiro atoms. The molecule has 0 aliphatic rings. The van der Waals surface area contributed by atoms with Gasteiger partial charge in [0.2, 0.25) is 0 Å². The summed E-state index contributed by atoms with van der Waals surface area (Å²) in [5.41, 5.74) is 1.87. The van der Waals surface area contributed by atoms with Crippen LogP contribution in [0.1, 0.15) is 38.3 Å². The molecule has 2 aromatic heterocycles. The normalized spacial score (nSPS) is 11.6. The summed E-state index contributed by atoms with van der Waals surface area (Å²) in [7, 11) is 0. The first-order valence-electron chi connectivity index (χ1n) is 7.29. The van der Waals surface area contributed by atoms with Crippen molar-refractivity contribution < 1.29 is 4.39 Å². The van der Waals surface area contributed by atoms with E-state index in [9.17, 15) is 4.39 Å². The zero-order chi connectivity index (χ0) is 15.4. The fraction of sp³-hybridized carbons (Fsp3) is 0.500. The molecule has 0 radical (unpaired) electrons. The molecule has 0 fully saturated rings. The Morgan fingerprint density at radius 3 is 2.57 bits per heavy atom. The largest absolute Gasteiger partial charge is 0.310 e. The number of aromatic nitrogens is 2.